The average molecular weight is 1110 g/mol. The van der Waals surface area contributed by atoms with Crippen LogP contribution in [0.2, 0.25) is 5.02 Å². The Labute approximate surface area is 447 Å². The highest BCUT2D eigenvalue weighted by atomic mass is 35.5. The van der Waals surface area contributed by atoms with Gasteiger partial charge in [0.1, 0.15) is 22.3 Å². The molecule has 412 valence electrons. The molecule has 1 aromatic heterocycles. The third kappa shape index (κ3) is 14.2. The predicted octanol–water partition coefficient (Wildman–Crippen LogP) is 8.86. The molecular formula is C53H58ClF2N5O15S. The molecule has 20 nitrogen and oxygen atoms in total. The maximum absolute atomic E-state index is 15.9. The number of pyridine rings is 1. The Hall–Kier alpha value is -6.38. The molecule has 0 spiro atoms. The fourth-order valence-electron chi connectivity index (χ4n) is 10.1. The van der Waals surface area contributed by atoms with Crippen LogP contribution in [0.15, 0.2) is 97.2 Å². The second-order valence-corrected chi connectivity index (χ2v) is 21.8. The number of sulfone groups is 1. The van der Waals surface area contributed by atoms with E-state index in [4.69, 9.17) is 56.2 Å². The molecule has 2 aliphatic heterocycles. The number of benzene rings is 4. The summed E-state index contributed by atoms with van der Waals surface area (Å²) in [4.78, 5) is 60.1. The summed E-state index contributed by atoms with van der Waals surface area (Å²) in [5.74, 6) is -3.58. The zero-order valence-electron chi connectivity index (χ0n) is 42.0. The molecule has 4 atom stereocenters. The van der Waals surface area contributed by atoms with Crippen molar-refractivity contribution in [3.05, 3.63) is 153 Å². The third-order valence-corrected chi connectivity index (χ3v) is 16.2. The number of carbonyl (C=O) groups excluding carboxylic acids is 3. The number of hydrogen-bond donors (Lipinski definition) is 4. The molecule has 77 heavy (non-hydrogen) atoms. The number of amides is 2. The number of aromatic nitrogens is 1. The first kappa shape index (κ1) is 56.8. The molecule has 3 fully saturated rings. The fraction of sp³-hybridized carbons (Fsp3) is 0.396. The summed E-state index contributed by atoms with van der Waals surface area (Å²) in [6, 6.07) is 21.3. The smallest absolute Gasteiger partial charge is 0.489 e. The maximum Gasteiger partial charge on any atom is 0.513 e. The molecule has 3 aliphatic rings. The van der Waals surface area contributed by atoms with Crippen molar-refractivity contribution >= 4 is 39.6 Å². The number of fused-ring (bicyclic) bond motifs is 2. The molecule has 4 N–H and O–H groups in total. The maximum atomic E-state index is 15.9. The van der Waals surface area contributed by atoms with Gasteiger partial charge in [-0.15, -0.1) is 0 Å². The number of halogens is 3. The van der Waals surface area contributed by atoms with Crippen LogP contribution in [-0.2, 0) is 61.6 Å². The first-order valence-electron chi connectivity index (χ1n) is 24.7. The highest BCUT2D eigenvalue weighted by molar-refractivity contribution is 7.91. The van der Waals surface area contributed by atoms with Crippen LogP contribution in [0.25, 0.3) is 0 Å². The van der Waals surface area contributed by atoms with E-state index in [2.05, 4.69) is 9.82 Å². The first-order chi connectivity index (χ1) is 36.8. The van der Waals surface area contributed by atoms with Crippen LogP contribution in [0.5, 0.6) is 17.2 Å². The van der Waals surface area contributed by atoms with Gasteiger partial charge in [-0.1, -0.05) is 60.1 Å². The van der Waals surface area contributed by atoms with Gasteiger partial charge in [-0.25, -0.2) is 36.5 Å². The van der Waals surface area contributed by atoms with Crippen molar-refractivity contribution in [1.29, 1.82) is 0 Å². The van der Waals surface area contributed by atoms with Gasteiger partial charge in [0.15, 0.2) is 21.4 Å². The Bertz CT molecular complexity index is 3030. The van der Waals surface area contributed by atoms with E-state index in [-0.39, 0.29) is 74.3 Å². The summed E-state index contributed by atoms with van der Waals surface area (Å²) in [7, 11) is -3.82. The van der Waals surface area contributed by atoms with Gasteiger partial charge in [0.05, 0.1) is 66.2 Å². The van der Waals surface area contributed by atoms with Crippen LogP contribution in [0, 0.1) is 24.0 Å². The van der Waals surface area contributed by atoms with E-state index in [1.807, 2.05) is 37.3 Å². The van der Waals surface area contributed by atoms with Gasteiger partial charge < -0.3 is 23.8 Å². The molecule has 2 bridgehead atoms. The monoisotopic (exact) mass is 1110 g/mol. The Morgan fingerprint density at radius 1 is 0.805 bits per heavy atom. The molecule has 24 heteroatoms. The summed E-state index contributed by atoms with van der Waals surface area (Å²) >= 11 is 5.95. The SMILES string of the molecule is Cc1c(CN(C(=O)C2(C)C(c3ccc(CCCOc4c(F)ccc(F)c4Cl)cc3)CC3CS(=O)(=O)CC2N3C(=O)Oc2cccc(CON(O)O)c2)C2CC2)ccnc1CCCOC(=O)Oc1cccc(CON(O)O)c1. The summed E-state index contributed by atoms with van der Waals surface area (Å²) in [5, 5.41) is 34.5. The van der Waals surface area contributed by atoms with Gasteiger partial charge >= 0.3 is 12.2 Å². The second-order valence-electron chi connectivity index (χ2n) is 19.3. The highest BCUT2D eigenvalue weighted by Gasteiger charge is 2.63. The van der Waals surface area contributed by atoms with Crippen molar-refractivity contribution in [2.75, 3.05) is 24.7 Å². The Morgan fingerprint density at radius 2 is 1.44 bits per heavy atom. The fourth-order valence-corrected chi connectivity index (χ4v) is 12.3. The largest absolute Gasteiger partial charge is 0.513 e. The summed E-state index contributed by atoms with van der Waals surface area (Å²) in [5.41, 5.74) is 3.27. The molecule has 3 heterocycles. The minimum absolute atomic E-state index is 0.0118. The van der Waals surface area contributed by atoms with Crippen LogP contribution in [0.4, 0.5) is 18.4 Å². The molecular weight excluding hydrogens is 1050 g/mol. The number of hydrogen-bond acceptors (Lipinski definition) is 18. The van der Waals surface area contributed by atoms with Crippen LogP contribution in [0.1, 0.15) is 84.0 Å². The van der Waals surface area contributed by atoms with Crippen molar-refractivity contribution < 1.29 is 81.0 Å². The molecule has 8 rings (SSSR count). The van der Waals surface area contributed by atoms with E-state index < -0.39 is 78.7 Å². The number of ether oxygens (including phenoxy) is 4. The van der Waals surface area contributed by atoms with Gasteiger partial charge in [0, 0.05) is 30.4 Å². The Morgan fingerprint density at radius 3 is 2.09 bits per heavy atom. The summed E-state index contributed by atoms with van der Waals surface area (Å²) in [6.45, 7) is 3.30. The Kier molecular flexibility index (Phi) is 18.4. The van der Waals surface area contributed by atoms with Crippen LogP contribution < -0.4 is 14.2 Å². The van der Waals surface area contributed by atoms with E-state index in [1.54, 1.807) is 42.3 Å². The normalized spacial score (nSPS) is 19.7. The molecule has 1 aliphatic carbocycles. The van der Waals surface area contributed by atoms with E-state index in [9.17, 15) is 26.8 Å². The van der Waals surface area contributed by atoms with Crippen molar-refractivity contribution in [3.63, 3.8) is 0 Å². The molecule has 1 saturated carbocycles. The van der Waals surface area contributed by atoms with Crippen LogP contribution >= 0.6 is 11.6 Å². The van der Waals surface area contributed by atoms with Crippen molar-refractivity contribution in [2.45, 2.75) is 103 Å². The second kappa shape index (κ2) is 25.0. The summed E-state index contributed by atoms with van der Waals surface area (Å²) < 4.78 is 78.2. The predicted molar refractivity (Wildman–Crippen MR) is 267 cm³/mol. The highest BCUT2D eigenvalue weighted by Crippen LogP contribution is 2.53. The number of rotatable bonds is 22. The standard InChI is InChI=1S/C53H58ClF2N5O15S/c1-33-38(21-22-57-46(33)12-6-24-72-52(64)76-42-11-4-8-36(26-42)30-74-61(67)68)28-58(39-17-18-39)50(62)53(2)43(37-15-13-34(14-16-37)9-5-23-71-49-45(56)20-19-44(55)48(49)54)27-40-31-77(69,70)32-47(53)59(40)51(63)75-41-10-3-7-35(25-41)29-73-60(65)66/h3-4,7-8,10-11,13-16,19-22,25-26,39-40,43,47,65-68H,5-6,9,12,17-18,23-24,27-32H2,1-2H3. The molecule has 0 radical (unpaired) electrons. The molecule has 4 aromatic carbocycles. The number of carbonyl (C=O) groups is 3. The lowest BCUT2D eigenvalue weighted by Crippen LogP contribution is -2.71. The first-order valence-corrected chi connectivity index (χ1v) is 26.9. The average Bonchev–Trinajstić information content (AvgIpc) is 4.30. The van der Waals surface area contributed by atoms with Crippen LogP contribution in [-0.4, -0.2) is 116 Å². The van der Waals surface area contributed by atoms with E-state index in [0.717, 1.165) is 34.4 Å². The van der Waals surface area contributed by atoms with E-state index >= 15 is 4.79 Å². The number of nitrogens with zero attached hydrogens (tertiary/aromatic N) is 5. The molecule has 2 amide bonds. The van der Waals surface area contributed by atoms with Crippen molar-refractivity contribution in [2.24, 2.45) is 5.41 Å². The lowest BCUT2D eigenvalue weighted by molar-refractivity contribution is -0.497. The number of aryl methyl sites for hydroxylation is 2. The van der Waals surface area contributed by atoms with Crippen LogP contribution in [0.3, 0.4) is 0 Å². The van der Waals surface area contributed by atoms with Gasteiger partial charge in [0.2, 0.25) is 5.91 Å². The zero-order valence-corrected chi connectivity index (χ0v) is 43.6. The van der Waals surface area contributed by atoms with Crippen molar-refractivity contribution in [3.8, 4) is 17.2 Å². The molecule has 5 aromatic rings. The lowest BCUT2D eigenvalue weighted by Gasteiger charge is -2.57. The van der Waals surface area contributed by atoms with Crippen molar-refractivity contribution in [1.82, 2.24) is 25.6 Å². The van der Waals surface area contributed by atoms with E-state index in [1.165, 1.54) is 29.2 Å². The topological polar surface area (TPSA) is 247 Å². The van der Waals surface area contributed by atoms with Gasteiger partial charge in [-0.3, -0.25) is 35.5 Å². The molecule has 4 unspecified atom stereocenters. The van der Waals surface area contributed by atoms with E-state index in [0.29, 0.717) is 55.3 Å². The minimum atomic E-state index is -3.82. The van der Waals surface area contributed by atoms with Gasteiger partial charge in [0.25, 0.3) is 0 Å². The Balaban J connectivity index is 1.02. The lowest BCUT2D eigenvalue weighted by atomic mass is 9.62. The third-order valence-electron chi connectivity index (χ3n) is 14.1. The van der Waals surface area contributed by atoms with Gasteiger partial charge in [-0.05, 0) is 135 Å². The minimum Gasteiger partial charge on any atom is -0.489 e. The summed E-state index contributed by atoms with van der Waals surface area (Å²) in [6.07, 6.45) is 2.96. The molecule has 2 saturated heterocycles. The van der Waals surface area contributed by atoms with Gasteiger partial charge in [-0.2, -0.15) is 0 Å². The zero-order chi connectivity index (χ0) is 55.0. The quantitative estimate of drug-likeness (QED) is 0.0166. The number of piperidine rings is 1.